The Morgan fingerprint density at radius 2 is 1.96 bits per heavy atom. The highest BCUT2D eigenvalue weighted by Crippen LogP contribution is 2.36. The molecule has 0 atom stereocenters. The summed E-state index contributed by atoms with van der Waals surface area (Å²) >= 11 is 1.48. The molecule has 2 aliphatic rings. The fourth-order valence-electron chi connectivity index (χ4n) is 3.55. The standard InChI is InChI=1S/C17H23N5OS/c1-11-5-10-15(23)22(20-11)14-8-6-13(7-9-14)18-17-19-16(21-24-17)12-3-2-4-12/h5,10,12-14H,2-4,6-9H2,1H3,(H,18,19,21). The molecule has 0 unspecified atom stereocenters. The minimum atomic E-state index is 0.00581. The SMILES string of the molecule is Cc1ccc(=O)n(C2CCC(Nc3nc(C4CCC4)ns3)CC2)n1. The van der Waals surface area contributed by atoms with Crippen LogP contribution in [0.1, 0.15) is 68.4 Å². The van der Waals surface area contributed by atoms with Crippen LogP contribution in [-0.2, 0) is 0 Å². The van der Waals surface area contributed by atoms with Crippen molar-refractivity contribution in [3.63, 3.8) is 0 Å². The highest BCUT2D eigenvalue weighted by Gasteiger charge is 2.26. The highest BCUT2D eigenvalue weighted by atomic mass is 32.1. The van der Waals surface area contributed by atoms with Crippen molar-refractivity contribution in [2.24, 2.45) is 0 Å². The first-order valence-electron chi connectivity index (χ1n) is 8.85. The van der Waals surface area contributed by atoms with Crippen molar-refractivity contribution in [1.29, 1.82) is 0 Å². The van der Waals surface area contributed by atoms with Gasteiger partial charge in [-0.3, -0.25) is 4.79 Å². The average molecular weight is 345 g/mol. The van der Waals surface area contributed by atoms with Crippen LogP contribution in [0.15, 0.2) is 16.9 Å². The number of aryl methyl sites for hydroxylation is 1. The maximum absolute atomic E-state index is 12.0. The number of nitrogens with one attached hydrogen (secondary N) is 1. The van der Waals surface area contributed by atoms with E-state index in [-0.39, 0.29) is 11.6 Å². The molecule has 2 saturated carbocycles. The molecule has 2 fully saturated rings. The summed E-state index contributed by atoms with van der Waals surface area (Å²) < 4.78 is 6.17. The zero-order valence-electron chi connectivity index (χ0n) is 13.9. The molecule has 0 saturated heterocycles. The van der Waals surface area contributed by atoms with Crippen molar-refractivity contribution in [1.82, 2.24) is 19.1 Å². The second-order valence-corrected chi connectivity index (χ2v) is 7.74. The monoisotopic (exact) mass is 345 g/mol. The third-order valence-electron chi connectivity index (χ3n) is 5.24. The molecule has 24 heavy (non-hydrogen) atoms. The van der Waals surface area contributed by atoms with E-state index >= 15 is 0 Å². The molecule has 0 aliphatic heterocycles. The van der Waals surface area contributed by atoms with Gasteiger partial charge in [-0.15, -0.1) is 0 Å². The second kappa shape index (κ2) is 6.63. The predicted molar refractivity (Wildman–Crippen MR) is 94.7 cm³/mol. The van der Waals surface area contributed by atoms with E-state index in [1.807, 2.05) is 6.92 Å². The minimum Gasteiger partial charge on any atom is -0.358 e. The van der Waals surface area contributed by atoms with Gasteiger partial charge in [-0.05, 0) is 51.5 Å². The number of aromatic nitrogens is 4. The number of nitrogens with zero attached hydrogens (tertiary/aromatic N) is 4. The lowest BCUT2D eigenvalue weighted by molar-refractivity contribution is 0.302. The molecule has 4 rings (SSSR count). The van der Waals surface area contributed by atoms with Crippen LogP contribution < -0.4 is 10.9 Å². The zero-order valence-corrected chi connectivity index (χ0v) is 14.8. The Hall–Kier alpha value is -1.76. The Morgan fingerprint density at radius 1 is 1.17 bits per heavy atom. The molecule has 128 valence electrons. The molecular formula is C17H23N5OS. The maximum Gasteiger partial charge on any atom is 0.267 e. The fraction of sp³-hybridized carbons (Fsp3) is 0.647. The van der Waals surface area contributed by atoms with Gasteiger partial charge in [0.1, 0.15) is 5.82 Å². The van der Waals surface area contributed by atoms with Crippen molar-refractivity contribution in [2.45, 2.75) is 69.9 Å². The van der Waals surface area contributed by atoms with Crippen LogP contribution in [0, 0.1) is 6.92 Å². The van der Waals surface area contributed by atoms with Gasteiger partial charge in [-0.25, -0.2) is 9.67 Å². The van der Waals surface area contributed by atoms with Crippen molar-refractivity contribution in [3.05, 3.63) is 34.0 Å². The first-order chi connectivity index (χ1) is 11.7. The molecule has 2 heterocycles. The van der Waals surface area contributed by atoms with E-state index in [4.69, 9.17) is 0 Å². The van der Waals surface area contributed by atoms with Crippen molar-refractivity contribution >= 4 is 16.7 Å². The van der Waals surface area contributed by atoms with Crippen molar-refractivity contribution in [2.75, 3.05) is 5.32 Å². The summed E-state index contributed by atoms with van der Waals surface area (Å²) in [6.07, 6.45) is 7.79. The van der Waals surface area contributed by atoms with Gasteiger partial charge in [0.05, 0.1) is 11.7 Å². The third kappa shape index (κ3) is 3.22. The molecule has 2 aliphatic carbocycles. The molecule has 1 N–H and O–H groups in total. The minimum absolute atomic E-state index is 0.00581. The van der Waals surface area contributed by atoms with Crippen LogP contribution >= 0.6 is 11.5 Å². The molecule has 0 radical (unpaired) electrons. The van der Waals surface area contributed by atoms with Crippen LogP contribution in [-0.4, -0.2) is 25.2 Å². The summed E-state index contributed by atoms with van der Waals surface area (Å²) in [5.74, 6) is 1.62. The topological polar surface area (TPSA) is 72.7 Å². The lowest BCUT2D eigenvalue weighted by atomic mass is 9.85. The molecule has 2 aromatic heterocycles. The van der Waals surface area contributed by atoms with E-state index < -0.39 is 0 Å². The Balaban J connectivity index is 1.35. The largest absolute Gasteiger partial charge is 0.358 e. The van der Waals surface area contributed by atoms with Gasteiger partial charge in [0.15, 0.2) is 0 Å². The first kappa shape index (κ1) is 15.7. The van der Waals surface area contributed by atoms with Gasteiger partial charge in [0.25, 0.3) is 5.56 Å². The number of hydrogen-bond acceptors (Lipinski definition) is 6. The van der Waals surface area contributed by atoms with E-state index in [2.05, 4.69) is 19.8 Å². The molecule has 0 bridgehead atoms. The summed E-state index contributed by atoms with van der Waals surface area (Å²) in [7, 11) is 0. The molecule has 0 spiro atoms. The van der Waals surface area contributed by atoms with E-state index in [1.165, 1.54) is 30.8 Å². The van der Waals surface area contributed by atoms with Gasteiger partial charge in [0, 0.05) is 29.6 Å². The Bertz CT molecular complexity index is 758. The van der Waals surface area contributed by atoms with Gasteiger partial charge < -0.3 is 5.32 Å². The lowest BCUT2D eigenvalue weighted by Gasteiger charge is -2.29. The summed E-state index contributed by atoms with van der Waals surface area (Å²) in [6.45, 7) is 1.93. The maximum atomic E-state index is 12.0. The van der Waals surface area contributed by atoms with Crippen molar-refractivity contribution < 1.29 is 0 Å². The number of rotatable bonds is 4. The van der Waals surface area contributed by atoms with Gasteiger partial charge in [0.2, 0.25) is 5.13 Å². The summed E-state index contributed by atoms with van der Waals surface area (Å²) in [4.78, 5) is 16.7. The smallest absolute Gasteiger partial charge is 0.267 e. The molecular weight excluding hydrogens is 322 g/mol. The Labute approximate surface area is 145 Å². The van der Waals surface area contributed by atoms with Crippen LogP contribution in [0.4, 0.5) is 5.13 Å². The lowest BCUT2D eigenvalue weighted by Crippen LogP contribution is -2.33. The molecule has 7 heteroatoms. The fourth-order valence-corrected chi connectivity index (χ4v) is 4.27. The Morgan fingerprint density at radius 3 is 2.67 bits per heavy atom. The molecule has 2 aromatic rings. The zero-order chi connectivity index (χ0) is 16.5. The Kier molecular flexibility index (Phi) is 4.35. The van der Waals surface area contributed by atoms with Gasteiger partial charge in [-0.2, -0.15) is 9.47 Å². The highest BCUT2D eigenvalue weighted by molar-refractivity contribution is 7.09. The summed E-state index contributed by atoms with van der Waals surface area (Å²) in [5.41, 5.74) is 0.901. The van der Waals surface area contributed by atoms with Gasteiger partial charge in [-0.1, -0.05) is 6.42 Å². The van der Waals surface area contributed by atoms with Gasteiger partial charge >= 0.3 is 0 Å². The van der Waals surface area contributed by atoms with Crippen LogP contribution in [0.25, 0.3) is 0 Å². The number of hydrogen-bond donors (Lipinski definition) is 1. The predicted octanol–water partition coefficient (Wildman–Crippen LogP) is 3.27. The van der Waals surface area contributed by atoms with E-state index in [0.717, 1.165) is 42.3 Å². The molecule has 0 aromatic carbocycles. The normalized spacial score (nSPS) is 24.5. The number of anilines is 1. The summed E-state index contributed by atoms with van der Waals surface area (Å²) in [5, 5.41) is 8.90. The van der Waals surface area contributed by atoms with Crippen LogP contribution in [0.2, 0.25) is 0 Å². The van der Waals surface area contributed by atoms with E-state index in [0.29, 0.717) is 12.0 Å². The quantitative estimate of drug-likeness (QED) is 0.921. The molecule has 0 amide bonds. The third-order valence-corrected chi connectivity index (χ3v) is 5.90. The van der Waals surface area contributed by atoms with Crippen molar-refractivity contribution in [3.8, 4) is 0 Å². The average Bonchev–Trinajstić information content (AvgIpc) is 2.97. The molecule has 6 nitrogen and oxygen atoms in total. The van der Waals surface area contributed by atoms with Crippen LogP contribution in [0.3, 0.4) is 0 Å². The van der Waals surface area contributed by atoms with E-state index in [9.17, 15) is 4.79 Å². The second-order valence-electron chi connectivity index (χ2n) is 6.99. The van der Waals surface area contributed by atoms with Crippen LogP contribution in [0.5, 0.6) is 0 Å². The van der Waals surface area contributed by atoms with E-state index in [1.54, 1.807) is 16.8 Å². The first-order valence-corrected chi connectivity index (χ1v) is 9.63. The summed E-state index contributed by atoms with van der Waals surface area (Å²) in [6, 6.07) is 4.04.